The quantitative estimate of drug-likeness (QED) is 0.776. The van der Waals surface area contributed by atoms with Crippen LogP contribution in [0.1, 0.15) is 42.9 Å². The molecule has 1 heterocycles. The van der Waals surface area contributed by atoms with Gasteiger partial charge in [0.15, 0.2) is 5.69 Å². The summed E-state index contributed by atoms with van der Waals surface area (Å²) in [7, 11) is 1.36. The monoisotopic (exact) mass is 293 g/mol. The van der Waals surface area contributed by atoms with Gasteiger partial charge in [0.05, 0.1) is 5.69 Å². The molecule has 8 heteroatoms. The zero-order valence-corrected chi connectivity index (χ0v) is 11.9. The van der Waals surface area contributed by atoms with Gasteiger partial charge in [0.1, 0.15) is 4.90 Å². The minimum atomic E-state index is -4.00. The highest BCUT2D eigenvalue weighted by Crippen LogP contribution is 2.23. The second-order valence-corrected chi connectivity index (χ2v) is 6.33. The SMILES string of the molecule is CCCNC(=O)c1n[nH]c(CCC)c1S(=O)(=O)Cl. The van der Waals surface area contributed by atoms with Crippen LogP contribution in [0.25, 0.3) is 0 Å². The Balaban J connectivity index is 3.16. The Morgan fingerprint density at radius 1 is 1.39 bits per heavy atom. The molecule has 1 rings (SSSR count). The summed E-state index contributed by atoms with van der Waals surface area (Å²) in [5.41, 5.74) is 0.205. The summed E-state index contributed by atoms with van der Waals surface area (Å²) in [6.45, 7) is 4.24. The van der Waals surface area contributed by atoms with Gasteiger partial charge in [-0.05, 0) is 12.8 Å². The summed E-state index contributed by atoms with van der Waals surface area (Å²) in [4.78, 5) is 11.6. The number of aromatic nitrogens is 2. The minimum Gasteiger partial charge on any atom is -0.351 e. The van der Waals surface area contributed by atoms with Crippen LogP contribution >= 0.6 is 10.7 Å². The summed E-state index contributed by atoms with van der Waals surface area (Å²) < 4.78 is 23.0. The summed E-state index contributed by atoms with van der Waals surface area (Å²) in [6.07, 6.45) is 1.94. The molecule has 18 heavy (non-hydrogen) atoms. The third-order valence-corrected chi connectivity index (χ3v) is 3.68. The standard InChI is InChI=1S/C10H16ClN3O3S/c1-3-5-7-9(18(11,16)17)8(14-13-7)10(15)12-6-4-2/h3-6H2,1-2H3,(H,12,15)(H,13,14). The lowest BCUT2D eigenvalue weighted by Crippen LogP contribution is -2.25. The summed E-state index contributed by atoms with van der Waals surface area (Å²) in [5, 5.41) is 8.89. The van der Waals surface area contributed by atoms with Crippen molar-refractivity contribution in [3.8, 4) is 0 Å². The van der Waals surface area contributed by atoms with E-state index in [-0.39, 0.29) is 10.6 Å². The second-order valence-electron chi connectivity index (χ2n) is 3.82. The molecular weight excluding hydrogens is 278 g/mol. The van der Waals surface area contributed by atoms with Crippen LogP contribution in [-0.2, 0) is 15.5 Å². The number of nitrogens with zero attached hydrogens (tertiary/aromatic N) is 1. The first-order chi connectivity index (χ1) is 8.41. The van der Waals surface area contributed by atoms with E-state index in [4.69, 9.17) is 10.7 Å². The topological polar surface area (TPSA) is 91.9 Å². The van der Waals surface area contributed by atoms with Crippen molar-refractivity contribution in [3.63, 3.8) is 0 Å². The number of halogens is 1. The van der Waals surface area contributed by atoms with E-state index >= 15 is 0 Å². The molecule has 0 aliphatic rings. The normalized spacial score (nSPS) is 11.5. The van der Waals surface area contributed by atoms with Crippen LogP contribution < -0.4 is 5.32 Å². The molecule has 0 bridgehead atoms. The number of hydrogen-bond acceptors (Lipinski definition) is 4. The Kier molecular flexibility index (Phi) is 5.15. The van der Waals surface area contributed by atoms with Crippen molar-refractivity contribution >= 4 is 25.6 Å². The number of aryl methyl sites for hydroxylation is 1. The van der Waals surface area contributed by atoms with Crippen LogP contribution in [-0.4, -0.2) is 31.1 Å². The third kappa shape index (κ3) is 3.46. The Morgan fingerprint density at radius 3 is 2.56 bits per heavy atom. The van der Waals surface area contributed by atoms with Gasteiger partial charge in [-0.2, -0.15) is 5.10 Å². The largest absolute Gasteiger partial charge is 0.351 e. The predicted molar refractivity (Wildman–Crippen MR) is 68.2 cm³/mol. The molecule has 0 atom stereocenters. The van der Waals surface area contributed by atoms with Crippen molar-refractivity contribution in [2.24, 2.45) is 0 Å². The van der Waals surface area contributed by atoms with Crippen molar-refractivity contribution in [2.75, 3.05) is 6.54 Å². The summed E-state index contributed by atoms with van der Waals surface area (Å²) in [6, 6.07) is 0. The maximum absolute atomic E-state index is 11.8. The Labute approximate surface area is 111 Å². The van der Waals surface area contributed by atoms with Crippen molar-refractivity contribution in [3.05, 3.63) is 11.4 Å². The Hall–Kier alpha value is -1.08. The fourth-order valence-corrected chi connectivity index (χ4v) is 2.84. The minimum absolute atomic E-state index is 0.165. The van der Waals surface area contributed by atoms with E-state index in [9.17, 15) is 13.2 Å². The van der Waals surface area contributed by atoms with Gasteiger partial charge in [-0.15, -0.1) is 0 Å². The van der Waals surface area contributed by atoms with Gasteiger partial charge in [-0.3, -0.25) is 9.89 Å². The number of carbonyl (C=O) groups excluding carboxylic acids is 1. The van der Waals surface area contributed by atoms with Gasteiger partial charge in [0.2, 0.25) is 0 Å². The fraction of sp³-hybridized carbons (Fsp3) is 0.600. The van der Waals surface area contributed by atoms with E-state index in [1.807, 2.05) is 13.8 Å². The maximum Gasteiger partial charge on any atom is 0.273 e. The highest BCUT2D eigenvalue weighted by molar-refractivity contribution is 8.13. The molecule has 0 aliphatic heterocycles. The summed E-state index contributed by atoms with van der Waals surface area (Å²) in [5.74, 6) is -0.533. The highest BCUT2D eigenvalue weighted by Gasteiger charge is 2.27. The smallest absolute Gasteiger partial charge is 0.273 e. The second kappa shape index (κ2) is 6.19. The highest BCUT2D eigenvalue weighted by atomic mass is 35.7. The lowest BCUT2D eigenvalue weighted by atomic mass is 10.2. The van der Waals surface area contributed by atoms with E-state index in [1.54, 1.807) is 0 Å². The number of nitrogens with one attached hydrogen (secondary N) is 2. The first-order valence-corrected chi connectivity index (χ1v) is 8.02. The number of amides is 1. The van der Waals surface area contributed by atoms with Crippen molar-refractivity contribution in [2.45, 2.75) is 38.0 Å². The molecule has 0 fully saturated rings. The number of carbonyl (C=O) groups is 1. The number of rotatable bonds is 6. The molecule has 1 aromatic rings. The van der Waals surface area contributed by atoms with Crippen LogP contribution in [0.2, 0.25) is 0 Å². The maximum atomic E-state index is 11.8. The van der Waals surface area contributed by atoms with E-state index < -0.39 is 15.0 Å². The molecule has 0 unspecified atom stereocenters. The first-order valence-electron chi connectivity index (χ1n) is 5.71. The lowest BCUT2D eigenvalue weighted by Gasteiger charge is -2.03. The number of hydrogen-bond donors (Lipinski definition) is 2. The average molecular weight is 294 g/mol. The summed E-state index contributed by atoms with van der Waals surface area (Å²) >= 11 is 0. The molecular formula is C10H16ClN3O3S. The zero-order valence-electron chi connectivity index (χ0n) is 10.3. The van der Waals surface area contributed by atoms with Crippen LogP contribution in [0, 0.1) is 0 Å². The van der Waals surface area contributed by atoms with E-state index in [0.29, 0.717) is 18.7 Å². The van der Waals surface area contributed by atoms with Gasteiger partial charge < -0.3 is 5.32 Å². The van der Waals surface area contributed by atoms with Crippen molar-refractivity contribution in [1.82, 2.24) is 15.5 Å². The Morgan fingerprint density at radius 2 is 2.06 bits per heavy atom. The van der Waals surface area contributed by atoms with Crippen LogP contribution in [0.3, 0.4) is 0 Å². The molecule has 1 amide bonds. The van der Waals surface area contributed by atoms with Crippen LogP contribution in [0.15, 0.2) is 4.90 Å². The number of aromatic amines is 1. The van der Waals surface area contributed by atoms with Gasteiger partial charge in [0.25, 0.3) is 15.0 Å². The third-order valence-electron chi connectivity index (χ3n) is 2.29. The van der Waals surface area contributed by atoms with E-state index in [2.05, 4.69) is 15.5 Å². The molecule has 0 radical (unpaired) electrons. The fourth-order valence-electron chi connectivity index (χ4n) is 1.53. The molecule has 0 aromatic carbocycles. The van der Waals surface area contributed by atoms with Crippen molar-refractivity contribution < 1.29 is 13.2 Å². The van der Waals surface area contributed by atoms with Gasteiger partial charge in [-0.1, -0.05) is 20.3 Å². The molecule has 102 valence electrons. The molecule has 0 spiro atoms. The zero-order chi connectivity index (χ0) is 13.8. The van der Waals surface area contributed by atoms with E-state index in [1.165, 1.54) is 0 Å². The predicted octanol–water partition coefficient (Wildman–Crippen LogP) is 1.43. The van der Waals surface area contributed by atoms with Crippen LogP contribution in [0.4, 0.5) is 0 Å². The van der Waals surface area contributed by atoms with Crippen molar-refractivity contribution in [1.29, 1.82) is 0 Å². The lowest BCUT2D eigenvalue weighted by molar-refractivity contribution is 0.0945. The molecule has 6 nitrogen and oxygen atoms in total. The molecule has 2 N–H and O–H groups in total. The number of H-pyrrole nitrogens is 1. The van der Waals surface area contributed by atoms with Gasteiger partial charge in [0, 0.05) is 17.2 Å². The molecule has 0 saturated carbocycles. The van der Waals surface area contributed by atoms with Gasteiger partial charge >= 0.3 is 0 Å². The van der Waals surface area contributed by atoms with E-state index in [0.717, 1.165) is 12.8 Å². The Bertz CT molecular complexity index is 524. The molecule has 0 aliphatic carbocycles. The van der Waals surface area contributed by atoms with Crippen LogP contribution in [0.5, 0.6) is 0 Å². The van der Waals surface area contributed by atoms with Gasteiger partial charge in [-0.25, -0.2) is 8.42 Å². The molecule has 0 saturated heterocycles. The molecule has 1 aromatic heterocycles. The first kappa shape index (κ1) is 15.0. The average Bonchev–Trinajstić information content (AvgIpc) is 2.70.